The minimum atomic E-state index is -3.45. The highest BCUT2D eigenvalue weighted by Crippen LogP contribution is 2.38. The summed E-state index contributed by atoms with van der Waals surface area (Å²) in [5.74, 6) is 0.546. The molecule has 3 heterocycles. The molecule has 0 spiro atoms. The van der Waals surface area contributed by atoms with Crippen molar-refractivity contribution in [1.29, 1.82) is 0 Å². The number of pyridine rings is 1. The van der Waals surface area contributed by atoms with E-state index in [4.69, 9.17) is 14.5 Å². The molecular formula is C28H28F2N4O5S. The molecule has 9 nitrogen and oxygen atoms in total. The topological polar surface area (TPSA) is 104 Å². The number of para-hydroxylation sites is 1. The predicted molar refractivity (Wildman–Crippen MR) is 144 cm³/mol. The van der Waals surface area contributed by atoms with E-state index in [9.17, 15) is 22.0 Å². The zero-order chi connectivity index (χ0) is 28.8. The highest BCUT2D eigenvalue weighted by molar-refractivity contribution is 7.90. The van der Waals surface area contributed by atoms with Crippen LogP contribution >= 0.6 is 0 Å². The number of alkyl halides is 2. The molecule has 0 bridgehead atoms. The molecule has 210 valence electrons. The number of aromatic nitrogens is 3. The van der Waals surface area contributed by atoms with E-state index < -0.39 is 34.2 Å². The lowest BCUT2D eigenvalue weighted by molar-refractivity contribution is -0.0509. The quantitative estimate of drug-likeness (QED) is 0.315. The summed E-state index contributed by atoms with van der Waals surface area (Å²) in [6.45, 7) is 2.56. The molecule has 1 unspecified atom stereocenters. The minimum absolute atomic E-state index is 0.00180. The van der Waals surface area contributed by atoms with E-state index in [1.54, 1.807) is 45.0 Å². The Balaban J connectivity index is 1.64. The average Bonchev–Trinajstić information content (AvgIpc) is 3.24. The first-order chi connectivity index (χ1) is 18.8. The molecule has 0 radical (unpaired) electrons. The molecule has 12 heteroatoms. The van der Waals surface area contributed by atoms with Gasteiger partial charge in [-0.2, -0.15) is 8.78 Å². The lowest BCUT2D eigenvalue weighted by atomic mass is 10.0. The molecular weight excluding hydrogens is 542 g/mol. The van der Waals surface area contributed by atoms with Crippen LogP contribution in [0.15, 0.2) is 65.8 Å². The Morgan fingerprint density at radius 3 is 2.45 bits per heavy atom. The molecule has 0 aliphatic carbocycles. The van der Waals surface area contributed by atoms with Gasteiger partial charge in [0.25, 0.3) is 0 Å². The van der Waals surface area contributed by atoms with Gasteiger partial charge < -0.3 is 14.0 Å². The van der Waals surface area contributed by atoms with Crippen molar-refractivity contribution in [2.24, 2.45) is 0 Å². The molecule has 2 aromatic carbocycles. The summed E-state index contributed by atoms with van der Waals surface area (Å²) in [5, 5.41) is -0.0306. The smallest absolute Gasteiger partial charge is 0.410 e. The number of fused-ring (bicyclic) bond motifs is 3. The molecule has 2 aromatic heterocycles. The summed E-state index contributed by atoms with van der Waals surface area (Å²) in [4.78, 5) is 23.4. The molecule has 40 heavy (non-hydrogen) atoms. The Morgan fingerprint density at radius 2 is 1.80 bits per heavy atom. The van der Waals surface area contributed by atoms with Gasteiger partial charge in [-0.05, 0) is 56.7 Å². The van der Waals surface area contributed by atoms with Crippen LogP contribution < -0.4 is 4.74 Å². The summed E-state index contributed by atoms with van der Waals surface area (Å²) in [7, 11) is -3.45. The lowest BCUT2D eigenvalue weighted by Gasteiger charge is -2.36. The van der Waals surface area contributed by atoms with Gasteiger partial charge in [-0.25, -0.2) is 23.2 Å². The normalized spacial score (nSPS) is 15.8. The zero-order valence-electron chi connectivity index (χ0n) is 22.3. The van der Waals surface area contributed by atoms with Gasteiger partial charge in [0, 0.05) is 30.1 Å². The van der Waals surface area contributed by atoms with Crippen LogP contribution in [0, 0.1) is 0 Å². The van der Waals surface area contributed by atoms with Crippen LogP contribution in [-0.2, 0) is 21.1 Å². The number of imidazole rings is 1. The SMILES string of the molecule is CC(C)(C)OC(=O)N1Cc2nc3ccc(-c4ccc(S(C)(=O)=O)nc4)cc3n2C(c2ccccc2OC(F)F)C1. The molecule has 1 atom stereocenters. The highest BCUT2D eigenvalue weighted by Gasteiger charge is 2.35. The van der Waals surface area contributed by atoms with Crippen molar-refractivity contribution >= 4 is 27.0 Å². The van der Waals surface area contributed by atoms with Crippen molar-refractivity contribution in [1.82, 2.24) is 19.4 Å². The van der Waals surface area contributed by atoms with Crippen LogP contribution in [0.4, 0.5) is 13.6 Å². The zero-order valence-corrected chi connectivity index (χ0v) is 23.2. The highest BCUT2D eigenvalue weighted by atomic mass is 32.2. The Labute approximate surface area is 230 Å². The largest absolute Gasteiger partial charge is 0.444 e. The van der Waals surface area contributed by atoms with Crippen molar-refractivity contribution in [3.8, 4) is 16.9 Å². The molecule has 0 saturated heterocycles. The van der Waals surface area contributed by atoms with Gasteiger partial charge >= 0.3 is 12.7 Å². The molecule has 1 amide bonds. The van der Waals surface area contributed by atoms with Crippen LogP contribution in [0.25, 0.3) is 22.2 Å². The van der Waals surface area contributed by atoms with Crippen molar-refractivity contribution in [2.45, 2.75) is 50.6 Å². The maximum absolute atomic E-state index is 13.3. The van der Waals surface area contributed by atoms with E-state index in [1.165, 1.54) is 23.2 Å². The Hall–Kier alpha value is -4.06. The second-order valence-corrected chi connectivity index (χ2v) is 12.5. The summed E-state index contributed by atoms with van der Waals surface area (Å²) in [6.07, 6.45) is 2.04. The Morgan fingerprint density at radius 1 is 1.07 bits per heavy atom. The number of nitrogens with zero attached hydrogens (tertiary/aromatic N) is 4. The first-order valence-corrected chi connectivity index (χ1v) is 14.4. The van der Waals surface area contributed by atoms with Gasteiger partial charge in [0.15, 0.2) is 14.9 Å². The van der Waals surface area contributed by atoms with E-state index >= 15 is 0 Å². The maximum atomic E-state index is 13.3. The molecule has 0 saturated carbocycles. The number of halogens is 2. The van der Waals surface area contributed by atoms with Gasteiger partial charge in [-0.1, -0.05) is 24.3 Å². The molecule has 0 fully saturated rings. The van der Waals surface area contributed by atoms with E-state index in [2.05, 4.69) is 4.98 Å². The van der Waals surface area contributed by atoms with Gasteiger partial charge in [0.1, 0.15) is 17.2 Å². The fraction of sp³-hybridized carbons (Fsp3) is 0.321. The van der Waals surface area contributed by atoms with Gasteiger partial charge in [-0.15, -0.1) is 0 Å². The molecule has 1 aliphatic heterocycles. The molecule has 5 rings (SSSR count). The Bertz CT molecular complexity index is 1680. The lowest BCUT2D eigenvalue weighted by Crippen LogP contribution is -2.44. The minimum Gasteiger partial charge on any atom is -0.444 e. The van der Waals surface area contributed by atoms with Crippen LogP contribution in [-0.4, -0.2) is 59.0 Å². The first-order valence-electron chi connectivity index (χ1n) is 12.5. The second kappa shape index (κ2) is 10.2. The number of ether oxygens (including phenoxy) is 2. The number of hydrogen-bond acceptors (Lipinski definition) is 7. The fourth-order valence-electron chi connectivity index (χ4n) is 4.74. The van der Waals surface area contributed by atoms with Crippen LogP contribution in [0.5, 0.6) is 5.75 Å². The van der Waals surface area contributed by atoms with Crippen molar-refractivity contribution in [3.05, 3.63) is 72.2 Å². The molecule has 4 aromatic rings. The van der Waals surface area contributed by atoms with E-state index in [1.807, 2.05) is 22.8 Å². The van der Waals surface area contributed by atoms with Gasteiger partial charge in [0.05, 0.1) is 23.6 Å². The summed E-state index contributed by atoms with van der Waals surface area (Å²) < 4.78 is 62.7. The van der Waals surface area contributed by atoms with E-state index in [0.717, 1.165) is 11.8 Å². The number of sulfone groups is 1. The first kappa shape index (κ1) is 27.5. The average molecular weight is 571 g/mol. The predicted octanol–water partition coefficient (Wildman–Crippen LogP) is 5.44. The molecule has 1 aliphatic rings. The monoisotopic (exact) mass is 570 g/mol. The third-order valence-corrected chi connectivity index (χ3v) is 7.40. The summed E-state index contributed by atoms with van der Waals surface area (Å²) >= 11 is 0. The molecule has 0 N–H and O–H groups in total. The fourth-order valence-corrected chi connectivity index (χ4v) is 5.30. The number of benzene rings is 2. The van der Waals surface area contributed by atoms with Gasteiger partial charge in [0.2, 0.25) is 0 Å². The Kier molecular flexibility index (Phi) is 6.99. The number of rotatable bonds is 5. The third kappa shape index (κ3) is 5.62. The summed E-state index contributed by atoms with van der Waals surface area (Å²) in [6, 6.07) is 14.5. The number of carbonyl (C=O) groups excluding carboxylic acids is 1. The van der Waals surface area contributed by atoms with Crippen molar-refractivity contribution in [3.63, 3.8) is 0 Å². The summed E-state index contributed by atoms with van der Waals surface area (Å²) in [5.41, 5.74) is 2.53. The van der Waals surface area contributed by atoms with E-state index in [-0.39, 0.29) is 23.9 Å². The number of amides is 1. The number of hydrogen-bond donors (Lipinski definition) is 0. The van der Waals surface area contributed by atoms with Crippen LogP contribution in [0.1, 0.15) is 38.2 Å². The second-order valence-electron chi connectivity index (χ2n) is 10.6. The number of carbonyl (C=O) groups is 1. The van der Waals surface area contributed by atoms with Crippen molar-refractivity contribution < 1.29 is 31.5 Å². The standard InChI is InChI=1S/C28H28F2N4O5S/c1-28(2,3)39-27(35)33-15-22(19-7-5-6-8-23(19)38-26(29)30)34-21-13-17(9-11-20(21)32-24(34)16-33)18-10-12-25(31-14-18)40(4,36)37/h5-14,22,26H,15-16H2,1-4H3. The maximum Gasteiger partial charge on any atom is 0.410 e. The third-order valence-electron chi connectivity index (χ3n) is 6.40. The van der Waals surface area contributed by atoms with Crippen LogP contribution in [0.2, 0.25) is 0 Å². The van der Waals surface area contributed by atoms with Crippen molar-refractivity contribution in [2.75, 3.05) is 12.8 Å². The van der Waals surface area contributed by atoms with Gasteiger partial charge in [-0.3, -0.25) is 4.90 Å². The van der Waals surface area contributed by atoms with Crippen LogP contribution in [0.3, 0.4) is 0 Å². The van der Waals surface area contributed by atoms with E-state index in [0.29, 0.717) is 28.0 Å².